The molecule has 12 heteroatoms. The van der Waals surface area contributed by atoms with E-state index in [1.54, 1.807) is 36.4 Å². The lowest BCUT2D eigenvalue weighted by molar-refractivity contribution is 0.295. The normalized spacial score (nSPS) is 10.9. The third kappa shape index (κ3) is 14.0. The molecule has 80 heavy (non-hydrogen) atoms. The first-order chi connectivity index (χ1) is 39.1. The molecule has 0 aliphatic heterocycles. The van der Waals surface area contributed by atoms with Gasteiger partial charge in [0.25, 0.3) is 0 Å². The highest BCUT2D eigenvalue weighted by atomic mass is 16.5. The van der Waals surface area contributed by atoms with Gasteiger partial charge < -0.3 is 29.5 Å². The molecule has 0 aliphatic carbocycles. The highest BCUT2D eigenvalue weighted by molar-refractivity contribution is 5.76. The number of aryl methyl sites for hydroxylation is 2. The molecule has 0 aliphatic rings. The van der Waals surface area contributed by atoms with Crippen LogP contribution in [0.2, 0.25) is 0 Å². The number of aromatic nitrogens is 6. The number of hydrogen-bond donors (Lipinski definition) is 3. The van der Waals surface area contributed by atoms with E-state index in [0.717, 1.165) is 83.0 Å². The Morgan fingerprint density at radius 2 is 0.637 bits per heavy atom. The lowest BCUT2D eigenvalue weighted by atomic mass is 10.0. The number of aromatic hydroxyl groups is 3. The van der Waals surface area contributed by atoms with Crippen LogP contribution in [0.25, 0.3) is 90.6 Å². The summed E-state index contributed by atoms with van der Waals surface area (Å²) in [6, 6.07) is 58.5. The topological polar surface area (TPSA) is 166 Å². The summed E-state index contributed by atoms with van der Waals surface area (Å²) in [6.07, 6.45) is 5.83. The highest BCUT2D eigenvalue weighted by Crippen LogP contribution is 2.39. The van der Waals surface area contributed by atoms with Crippen LogP contribution >= 0.6 is 0 Å². The van der Waals surface area contributed by atoms with E-state index in [4.69, 9.17) is 39.1 Å². The average molecular weight is 1060 g/mol. The van der Waals surface area contributed by atoms with Crippen LogP contribution < -0.4 is 14.2 Å². The van der Waals surface area contributed by atoms with Crippen molar-refractivity contribution >= 4 is 0 Å². The second-order valence-electron chi connectivity index (χ2n) is 19.5. The van der Waals surface area contributed by atoms with Crippen molar-refractivity contribution in [3.05, 3.63) is 193 Å². The van der Waals surface area contributed by atoms with Crippen LogP contribution in [0.3, 0.4) is 0 Å². The number of nitrogens with zero attached hydrogens (tertiary/aromatic N) is 6. The van der Waals surface area contributed by atoms with E-state index in [1.165, 1.54) is 0 Å². The van der Waals surface area contributed by atoms with Gasteiger partial charge in [-0.25, -0.2) is 29.9 Å². The fourth-order valence-corrected chi connectivity index (χ4v) is 8.72. The third-order valence-corrected chi connectivity index (χ3v) is 13.3. The van der Waals surface area contributed by atoms with Gasteiger partial charge in [0, 0.05) is 23.3 Å². The van der Waals surface area contributed by atoms with Gasteiger partial charge >= 0.3 is 0 Å². The summed E-state index contributed by atoms with van der Waals surface area (Å²) >= 11 is 0. The maximum atomic E-state index is 11.0. The standard InChI is InChI=1S/C34H41N3O5.C34H25N3O/c1-5-8-17-40-24-12-15-27(30(39)21-24)33-35-32(26-14-11-23(4)20-29(26)38)36-34(37-33)28-16-13-25(41-18-9-6-2)22-31(28)42-19-10-7-3;1-23-12-21-30(31(38)22-23)34-36-32(28-17-13-26(14-18-28)24-8-4-2-5-9-24)35-33(37-34)29-19-15-27(16-20-29)25-10-6-3-7-11-25/h11-16,20-22,38-39H,5-10,17-19H2,1-4H3;2-22,38H,1H3. The summed E-state index contributed by atoms with van der Waals surface area (Å²) in [4.78, 5) is 28.6. The molecule has 8 aromatic carbocycles. The van der Waals surface area contributed by atoms with Gasteiger partial charge in [-0.2, -0.15) is 0 Å². The number of unbranched alkanes of at least 4 members (excludes halogenated alkanes) is 3. The molecule has 404 valence electrons. The zero-order chi connectivity index (χ0) is 55.8. The molecular weight excluding hydrogens is 997 g/mol. The number of hydrogen-bond acceptors (Lipinski definition) is 12. The van der Waals surface area contributed by atoms with Crippen molar-refractivity contribution in [1.82, 2.24) is 29.9 Å². The van der Waals surface area contributed by atoms with Crippen molar-refractivity contribution in [3.63, 3.8) is 0 Å². The van der Waals surface area contributed by atoms with Gasteiger partial charge in [0.05, 0.1) is 42.1 Å². The number of phenols is 3. The predicted molar refractivity (Wildman–Crippen MR) is 319 cm³/mol. The van der Waals surface area contributed by atoms with Gasteiger partial charge in [0.15, 0.2) is 34.9 Å². The number of phenolic OH excluding ortho intramolecular Hbond substituents is 3. The summed E-state index contributed by atoms with van der Waals surface area (Å²) in [5, 5.41) is 32.5. The fraction of sp³-hybridized carbons (Fsp3) is 0.206. The van der Waals surface area contributed by atoms with Crippen LogP contribution in [0.1, 0.15) is 70.4 Å². The molecule has 0 atom stereocenters. The van der Waals surface area contributed by atoms with Crippen LogP contribution in [0.4, 0.5) is 0 Å². The molecule has 2 heterocycles. The van der Waals surface area contributed by atoms with Crippen LogP contribution in [-0.4, -0.2) is 65.0 Å². The predicted octanol–water partition coefficient (Wildman–Crippen LogP) is 16.3. The molecule has 0 unspecified atom stereocenters. The van der Waals surface area contributed by atoms with Crippen molar-refractivity contribution in [2.75, 3.05) is 19.8 Å². The Hall–Kier alpha value is -9.42. The van der Waals surface area contributed by atoms with E-state index in [9.17, 15) is 15.3 Å². The molecule has 12 nitrogen and oxygen atoms in total. The first kappa shape index (κ1) is 55.3. The summed E-state index contributed by atoms with van der Waals surface area (Å²) < 4.78 is 17.9. The van der Waals surface area contributed by atoms with E-state index in [1.807, 2.05) is 111 Å². The Balaban J connectivity index is 0.000000194. The van der Waals surface area contributed by atoms with Crippen molar-refractivity contribution in [2.24, 2.45) is 0 Å². The minimum atomic E-state index is -0.0145. The number of rotatable bonds is 20. The van der Waals surface area contributed by atoms with Crippen LogP contribution in [-0.2, 0) is 0 Å². The summed E-state index contributed by atoms with van der Waals surface area (Å²) in [5.41, 5.74) is 10.3. The summed E-state index contributed by atoms with van der Waals surface area (Å²) in [7, 11) is 0. The molecule has 0 saturated heterocycles. The number of ether oxygens (including phenoxy) is 3. The van der Waals surface area contributed by atoms with Crippen LogP contribution in [0.15, 0.2) is 182 Å². The second-order valence-corrected chi connectivity index (χ2v) is 19.5. The average Bonchev–Trinajstić information content (AvgIpc) is 3.52. The lowest BCUT2D eigenvalue weighted by Gasteiger charge is -2.15. The Morgan fingerprint density at radius 3 is 1.05 bits per heavy atom. The molecule has 0 fully saturated rings. The minimum Gasteiger partial charge on any atom is -0.507 e. The second kappa shape index (κ2) is 26.8. The van der Waals surface area contributed by atoms with Gasteiger partial charge in [-0.05, 0) is 115 Å². The molecule has 0 radical (unpaired) electrons. The molecule has 0 bridgehead atoms. The molecule has 0 saturated carbocycles. The van der Waals surface area contributed by atoms with Gasteiger partial charge in [0.1, 0.15) is 34.5 Å². The monoisotopic (exact) mass is 1060 g/mol. The Kier molecular flexibility index (Phi) is 18.5. The van der Waals surface area contributed by atoms with Gasteiger partial charge in [0.2, 0.25) is 0 Å². The van der Waals surface area contributed by atoms with Crippen LogP contribution in [0, 0.1) is 13.8 Å². The maximum absolute atomic E-state index is 11.0. The zero-order valence-electron chi connectivity index (χ0n) is 45.9. The molecule has 0 spiro atoms. The fourth-order valence-electron chi connectivity index (χ4n) is 8.72. The van der Waals surface area contributed by atoms with E-state index in [-0.39, 0.29) is 28.9 Å². The highest BCUT2D eigenvalue weighted by Gasteiger charge is 2.21. The van der Waals surface area contributed by atoms with E-state index >= 15 is 0 Å². The quantitative estimate of drug-likeness (QED) is 0.0620. The number of benzene rings is 8. The Labute approximate surface area is 468 Å². The largest absolute Gasteiger partial charge is 0.507 e. The molecule has 2 aromatic heterocycles. The van der Waals surface area contributed by atoms with Gasteiger partial charge in [-0.3, -0.25) is 0 Å². The lowest BCUT2D eigenvalue weighted by Crippen LogP contribution is -2.04. The summed E-state index contributed by atoms with van der Waals surface area (Å²) in [5.74, 6) is 4.49. The van der Waals surface area contributed by atoms with Crippen molar-refractivity contribution < 1.29 is 29.5 Å². The molecule has 10 aromatic rings. The smallest absolute Gasteiger partial charge is 0.167 e. The van der Waals surface area contributed by atoms with Crippen molar-refractivity contribution in [3.8, 4) is 125 Å². The minimum absolute atomic E-state index is 0.0145. The van der Waals surface area contributed by atoms with Gasteiger partial charge in [-0.1, -0.05) is 161 Å². The first-order valence-electron chi connectivity index (χ1n) is 27.4. The van der Waals surface area contributed by atoms with Gasteiger partial charge in [-0.15, -0.1) is 0 Å². The van der Waals surface area contributed by atoms with E-state index in [2.05, 4.69) is 74.3 Å². The van der Waals surface area contributed by atoms with E-state index in [0.29, 0.717) is 82.6 Å². The summed E-state index contributed by atoms with van der Waals surface area (Å²) in [6.45, 7) is 11.9. The van der Waals surface area contributed by atoms with Crippen molar-refractivity contribution in [1.29, 1.82) is 0 Å². The first-order valence-corrected chi connectivity index (χ1v) is 27.4. The molecule has 0 amide bonds. The zero-order valence-corrected chi connectivity index (χ0v) is 45.9. The Bertz CT molecular complexity index is 3550. The maximum Gasteiger partial charge on any atom is 0.167 e. The SMILES string of the molecule is CCCCOc1ccc(-c2nc(-c3ccc(C)cc3O)nc(-c3ccc(OCCCC)cc3OCCCC)n2)c(O)c1.Cc1ccc(-c2nc(-c3ccc(-c4ccccc4)cc3)nc(-c3ccc(-c4ccccc4)cc3)n2)c(O)c1. The molecule has 3 N–H and O–H groups in total. The van der Waals surface area contributed by atoms with Crippen LogP contribution in [0.5, 0.6) is 34.5 Å². The Morgan fingerprint density at radius 1 is 0.312 bits per heavy atom. The molecule has 10 rings (SSSR count). The molecular formula is C68H66N6O6. The van der Waals surface area contributed by atoms with Crippen molar-refractivity contribution in [2.45, 2.75) is 73.1 Å². The van der Waals surface area contributed by atoms with E-state index < -0.39 is 0 Å². The third-order valence-electron chi connectivity index (χ3n) is 13.3.